The van der Waals surface area contributed by atoms with Gasteiger partial charge in [0.2, 0.25) is 0 Å². The molecule has 33 heavy (non-hydrogen) atoms. The van der Waals surface area contributed by atoms with E-state index < -0.39 is 17.4 Å². The summed E-state index contributed by atoms with van der Waals surface area (Å²) >= 11 is 1.28. The third-order valence-corrected chi connectivity index (χ3v) is 8.41. The minimum Gasteiger partial charge on any atom is -0.479 e. The zero-order valence-corrected chi connectivity index (χ0v) is 20.2. The molecule has 2 aliphatic carbocycles. The Hall–Kier alpha value is -2.41. The fourth-order valence-electron chi connectivity index (χ4n) is 5.30. The number of fused-ring (bicyclic) bond motifs is 1. The first-order chi connectivity index (χ1) is 15.9. The van der Waals surface area contributed by atoms with Crippen molar-refractivity contribution in [2.45, 2.75) is 89.6 Å². The van der Waals surface area contributed by atoms with Gasteiger partial charge >= 0.3 is 5.97 Å². The number of rotatable bonds is 6. The molecule has 2 aliphatic rings. The van der Waals surface area contributed by atoms with Crippen molar-refractivity contribution < 1.29 is 14.7 Å². The molecule has 0 bridgehead atoms. The maximum Gasteiger partial charge on any atom is 0.334 e. The molecule has 0 radical (unpaired) electrons. The van der Waals surface area contributed by atoms with E-state index in [9.17, 15) is 19.5 Å². The summed E-state index contributed by atoms with van der Waals surface area (Å²) in [6, 6.07) is 5.20. The number of aliphatic carboxylic acids is 1. The van der Waals surface area contributed by atoms with Crippen LogP contribution in [0, 0.1) is 5.92 Å². The number of thiophene rings is 1. The number of amides is 1. The minimum absolute atomic E-state index is 0.0640. The first-order valence-corrected chi connectivity index (χ1v) is 13.1. The highest BCUT2D eigenvalue weighted by molar-refractivity contribution is 7.10. The van der Waals surface area contributed by atoms with Crippen LogP contribution in [0.5, 0.6) is 0 Å². The molecular formula is C26H34N2O4S. The number of hydrogen-bond donors (Lipinski definition) is 2. The zero-order chi connectivity index (χ0) is 23.4. The van der Waals surface area contributed by atoms with Gasteiger partial charge in [0.1, 0.15) is 5.56 Å². The molecule has 1 amide bonds. The number of carboxylic acid groups (broad SMARTS) is 1. The van der Waals surface area contributed by atoms with E-state index in [4.69, 9.17) is 0 Å². The Balaban J connectivity index is 1.73. The number of pyridine rings is 1. The number of carbonyl (C=O) groups excluding carboxylic acids is 1. The summed E-state index contributed by atoms with van der Waals surface area (Å²) in [5, 5.41) is 14.4. The number of aryl methyl sites for hydroxylation is 1. The highest BCUT2D eigenvalue weighted by Gasteiger charge is 2.39. The molecule has 1 saturated carbocycles. The van der Waals surface area contributed by atoms with Crippen molar-refractivity contribution in [3.05, 3.63) is 55.6 Å². The number of aromatic nitrogens is 1. The van der Waals surface area contributed by atoms with E-state index >= 15 is 0 Å². The molecule has 2 aromatic rings. The van der Waals surface area contributed by atoms with E-state index in [-0.39, 0.29) is 11.1 Å². The number of nitrogens with one attached hydrogen (secondary N) is 1. The summed E-state index contributed by atoms with van der Waals surface area (Å²) in [4.78, 5) is 39.7. The van der Waals surface area contributed by atoms with Crippen molar-refractivity contribution in [3.8, 4) is 0 Å². The third-order valence-electron chi connectivity index (χ3n) is 7.32. The van der Waals surface area contributed by atoms with Crippen LogP contribution >= 0.6 is 11.3 Å². The quantitative estimate of drug-likeness (QED) is 0.630. The van der Waals surface area contributed by atoms with Crippen LogP contribution in [0.4, 0.5) is 0 Å². The lowest BCUT2D eigenvalue weighted by Gasteiger charge is -2.28. The molecule has 0 saturated heterocycles. The van der Waals surface area contributed by atoms with Gasteiger partial charge < -0.3 is 15.0 Å². The molecule has 2 N–H and O–H groups in total. The van der Waals surface area contributed by atoms with Gasteiger partial charge in [0, 0.05) is 17.1 Å². The Morgan fingerprint density at radius 3 is 2.48 bits per heavy atom. The summed E-state index contributed by atoms with van der Waals surface area (Å²) < 4.78 is 1.87. The van der Waals surface area contributed by atoms with E-state index in [1.807, 2.05) is 4.57 Å². The van der Waals surface area contributed by atoms with Gasteiger partial charge in [-0.1, -0.05) is 38.2 Å². The van der Waals surface area contributed by atoms with E-state index in [0.29, 0.717) is 17.3 Å². The predicted molar refractivity (Wildman–Crippen MR) is 130 cm³/mol. The van der Waals surface area contributed by atoms with Crippen molar-refractivity contribution in [2.75, 3.05) is 0 Å². The number of nitrogens with zero attached hydrogens (tertiary/aromatic N) is 1. The van der Waals surface area contributed by atoms with Crippen LogP contribution in [0.25, 0.3) is 0 Å². The van der Waals surface area contributed by atoms with Gasteiger partial charge in [-0.15, -0.1) is 11.3 Å². The van der Waals surface area contributed by atoms with E-state index in [1.165, 1.54) is 37.5 Å². The first kappa shape index (κ1) is 23.7. The molecule has 2 aromatic heterocycles. The van der Waals surface area contributed by atoms with Crippen molar-refractivity contribution in [2.24, 2.45) is 5.92 Å². The largest absolute Gasteiger partial charge is 0.479 e. The Morgan fingerprint density at radius 2 is 1.82 bits per heavy atom. The van der Waals surface area contributed by atoms with Crippen LogP contribution in [-0.2, 0) is 29.7 Å². The summed E-state index contributed by atoms with van der Waals surface area (Å²) in [5.74, 6) is -1.30. The van der Waals surface area contributed by atoms with E-state index in [2.05, 4.69) is 5.32 Å². The lowest BCUT2D eigenvalue weighted by molar-refractivity contribution is -0.144. The van der Waals surface area contributed by atoms with Crippen molar-refractivity contribution in [1.29, 1.82) is 0 Å². The van der Waals surface area contributed by atoms with Crippen molar-refractivity contribution in [1.82, 2.24) is 9.88 Å². The lowest BCUT2D eigenvalue weighted by Crippen LogP contribution is -2.50. The third kappa shape index (κ3) is 5.08. The van der Waals surface area contributed by atoms with Gasteiger partial charge in [-0.25, -0.2) is 4.79 Å². The van der Waals surface area contributed by atoms with Gasteiger partial charge in [0.25, 0.3) is 11.5 Å². The fraction of sp³-hybridized carbons (Fsp3) is 0.577. The standard InChI is InChI=1S/C26H34N2O4S/c1-26(25(31)32,22-14-9-15-33-22)27-23(29)20-16-19-12-7-2-3-8-13-21(19)28(24(20)30)17-18-10-5-4-6-11-18/h9,14-16,18H,2-8,10-13,17H2,1H3,(H,27,29)(H,31,32). The number of hydrogen-bond acceptors (Lipinski definition) is 4. The van der Waals surface area contributed by atoms with E-state index in [1.54, 1.807) is 23.6 Å². The molecule has 0 aliphatic heterocycles. The van der Waals surface area contributed by atoms with E-state index in [0.717, 1.165) is 62.6 Å². The Kier molecular flexibility index (Phi) is 7.37. The van der Waals surface area contributed by atoms with Crippen LogP contribution in [0.3, 0.4) is 0 Å². The van der Waals surface area contributed by atoms with Crippen LogP contribution in [-0.4, -0.2) is 21.6 Å². The van der Waals surface area contributed by atoms with Gasteiger partial charge in [-0.2, -0.15) is 0 Å². The second-order valence-corrected chi connectivity index (χ2v) is 10.7. The Labute approximate surface area is 199 Å². The average Bonchev–Trinajstić information content (AvgIpc) is 3.32. The van der Waals surface area contributed by atoms with Crippen LogP contribution < -0.4 is 10.9 Å². The van der Waals surface area contributed by atoms with Gasteiger partial charge in [0.15, 0.2) is 5.54 Å². The molecule has 7 heteroatoms. The zero-order valence-electron chi connectivity index (χ0n) is 19.4. The molecule has 0 spiro atoms. The summed E-state index contributed by atoms with van der Waals surface area (Å²) in [5.41, 5.74) is 0.353. The topological polar surface area (TPSA) is 88.4 Å². The molecule has 0 aromatic carbocycles. The first-order valence-electron chi connectivity index (χ1n) is 12.3. The molecule has 1 fully saturated rings. The van der Waals surface area contributed by atoms with Crippen LogP contribution in [0.1, 0.15) is 91.2 Å². The second kappa shape index (κ2) is 10.2. The number of carbonyl (C=O) groups is 2. The molecule has 1 unspecified atom stereocenters. The average molecular weight is 471 g/mol. The number of carboxylic acids is 1. The summed E-state index contributed by atoms with van der Waals surface area (Å²) in [7, 11) is 0. The molecule has 1 atom stereocenters. The molecule has 4 rings (SSSR count). The normalized spacial score (nSPS) is 19.1. The minimum atomic E-state index is -1.59. The highest BCUT2D eigenvalue weighted by Crippen LogP contribution is 2.28. The lowest BCUT2D eigenvalue weighted by atomic mass is 9.88. The maximum atomic E-state index is 13.7. The Bertz CT molecular complexity index is 1050. The van der Waals surface area contributed by atoms with Crippen molar-refractivity contribution >= 4 is 23.2 Å². The smallest absolute Gasteiger partial charge is 0.334 e. The molecule has 6 nitrogen and oxygen atoms in total. The molecule has 2 heterocycles. The van der Waals surface area contributed by atoms with Crippen LogP contribution in [0.2, 0.25) is 0 Å². The SMILES string of the molecule is CC(NC(=O)c1cc2c(n(CC3CCCCC3)c1=O)CCCCCC2)(C(=O)O)c1cccs1. The molecular weight excluding hydrogens is 436 g/mol. The van der Waals surface area contributed by atoms with Gasteiger partial charge in [0.05, 0.1) is 0 Å². The second-order valence-electron chi connectivity index (χ2n) is 9.73. The van der Waals surface area contributed by atoms with Gasteiger partial charge in [-0.05, 0) is 74.4 Å². The monoisotopic (exact) mass is 470 g/mol. The Morgan fingerprint density at radius 1 is 1.12 bits per heavy atom. The summed E-state index contributed by atoms with van der Waals surface area (Å²) in [6.45, 7) is 2.14. The molecule has 178 valence electrons. The van der Waals surface area contributed by atoms with Crippen LogP contribution in [0.15, 0.2) is 28.4 Å². The van der Waals surface area contributed by atoms with Gasteiger partial charge in [-0.3, -0.25) is 9.59 Å². The summed E-state index contributed by atoms with van der Waals surface area (Å²) in [6.07, 6.45) is 12.0. The van der Waals surface area contributed by atoms with Crippen molar-refractivity contribution in [3.63, 3.8) is 0 Å². The highest BCUT2D eigenvalue weighted by atomic mass is 32.1. The predicted octanol–water partition coefficient (Wildman–Crippen LogP) is 4.88. The fourth-order valence-corrected chi connectivity index (χ4v) is 6.13. The maximum absolute atomic E-state index is 13.7.